The lowest BCUT2D eigenvalue weighted by molar-refractivity contribution is -0.268. The minimum Gasteiger partial charge on any atom is -0.508 e. The summed E-state index contributed by atoms with van der Waals surface area (Å²) in [5, 5.41) is 92.0. The standard InChI is InChI=1S/C26H28O15/c1-8-15(30)18(33)20(35)26(38-8)40-23-17(32)14-11(28)6-13(9-2-4-10(27)5-3-9)39-22(14)24(21(23)36)41-25-19(34)16(31)12(29)7-37-25/h2-6,8,12,15-16,18-20,25-27,29-36H,7H2,1H3/t8-,12-,15-,16-,18+,19+,20+,25+,26-/m1/s1. The molecule has 0 amide bonds. The van der Waals surface area contributed by atoms with Crippen molar-refractivity contribution in [3.05, 3.63) is 40.6 Å². The first kappa shape index (κ1) is 28.8. The van der Waals surface area contributed by atoms with Gasteiger partial charge in [-0.15, -0.1) is 0 Å². The maximum Gasteiger partial charge on any atom is 0.229 e. The van der Waals surface area contributed by atoms with Crippen molar-refractivity contribution in [2.75, 3.05) is 6.61 Å². The lowest BCUT2D eigenvalue weighted by Crippen LogP contribution is -2.58. The van der Waals surface area contributed by atoms with Crippen LogP contribution in [0.4, 0.5) is 0 Å². The van der Waals surface area contributed by atoms with E-state index >= 15 is 0 Å². The number of phenolic OH excluding ortho intramolecular Hbond substituents is 3. The van der Waals surface area contributed by atoms with Crippen molar-refractivity contribution in [2.45, 2.75) is 62.2 Å². The molecule has 2 aromatic carbocycles. The Labute approximate surface area is 230 Å². The zero-order valence-electron chi connectivity index (χ0n) is 21.3. The van der Waals surface area contributed by atoms with Gasteiger partial charge in [0, 0.05) is 11.6 Å². The molecule has 0 bridgehead atoms. The van der Waals surface area contributed by atoms with Gasteiger partial charge >= 0.3 is 0 Å². The predicted octanol–water partition coefficient (Wildman–Crippen LogP) is -1.40. The maximum absolute atomic E-state index is 13.3. The number of phenols is 3. The summed E-state index contributed by atoms with van der Waals surface area (Å²) in [6.07, 6.45) is -14.7. The summed E-state index contributed by atoms with van der Waals surface area (Å²) in [7, 11) is 0. The summed E-state index contributed by atoms with van der Waals surface area (Å²) in [6, 6.07) is 6.49. The lowest BCUT2D eigenvalue weighted by Gasteiger charge is -2.39. The molecule has 2 aliphatic rings. The van der Waals surface area contributed by atoms with E-state index in [4.69, 9.17) is 23.4 Å². The predicted molar refractivity (Wildman–Crippen MR) is 134 cm³/mol. The average Bonchev–Trinajstić information content (AvgIpc) is 2.94. The van der Waals surface area contributed by atoms with Gasteiger partial charge in [-0.1, -0.05) is 0 Å². The van der Waals surface area contributed by atoms with Crippen molar-refractivity contribution in [3.63, 3.8) is 0 Å². The molecule has 9 N–H and O–H groups in total. The minimum absolute atomic E-state index is 0.0683. The normalized spacial score (nSPS) is 32.1. The molecule has 5 rings (SSSR count). The van der Waals surface area contributed by atoms with E-state index in [1.807, 2.05) is 0 Å². The number of rotatable bonds is 5. The van der Waals surface area contributed by atoms with Crippen LogP contribution in [0.25, 0.3) is 22.3 Å². The molecule has 0 radical (unpaired) electrons. The third-order valence-corrected chi connectivity index (χ3v) is 6.92. The van der Waals surface area contributed by atoms with Crippen LogP contribution < -0.4 is 14.9 Å². The molecule has 222 valence electrons. The van der Waals surface area contributed by atoms with Gasteiger partial charge in [0.2, 0.25) is 29.8 Å². The van der Waals surface area contributed by atoms with Crippen molar-refractivity contribution in [1.29, 1.82) is 0 Å². The third kappa shape index (κ3) is 5.13. The van der Waals surface area contributed by atoms with Crippen LogP contribution in [0.2, 0.25) is 0 Å². The zero-order valence-corrected chi connectivity index (χ0v) is 21.3. The smallest absolute Gasteiger partial charge is 0.229 e. The Morgan fingerprint density at radius 3 is 2.10 bits per heavy atom. The van der Waals surface area contributed by atoms with Crippen molar-refractivity contribution < 1.29 is 69.3 Å². The Morgan fingerprint density at radius 1 is 0.780 bits per heavy atom. The molecule has 0 aliphatic carbocycles. The van der Waals surface area contributed by atoms with Gasteiger partial charge < -0.3 is 69.3 Å². The topological polar surface area (TPSA) is 249 Å². The Bertz CT molecular complexity index is 1470. The average molecular weight is 580 g/mol. The van der Waals surface area contributed by atoms with Crippen molar-refractivity contribution >= 4 is 11.0 Å². The van der Waals surface area contributed by atoms with E-state index in [9.17, 15) is 50.8 Å². The Hall–Kier alpha value is -3.67. The van der Waals surface area contributed by atoms with Gasteiger partial charge in [-0.05, 0) is 31.2 Å². The van der Waals surface area contributed by atoms with E-state index in [1.165, 1.54) is 31.2 Å². The minimum atomic E-state index is -1.87. The van der Waals surface area contributed by atoms with Crippen LogP contribution in [0.5, 0.6) is 28.7 Å². The number of aromatic hydroxyl groups is 3. The van der Waals surface area contributed by atoms with Crippen LogP contribution in [0.1, 0.15) is 6.92 Å². The molecule has 3 aromatic rings. The first-order chi connectivity index (χ1) is 19.4. The van der Waals surface area contributed by atoms with Gasteiger partial charge in [0.1, 0.15) is 53.5 Å². The number of aliphatic hydroxyl groups excluding tert-OH is 6. The zero-order chi connectivity index (χ0) is 29.7. The summed E-state index contributed by atoms with van der Waals surface area (Å²) in [5.41, 5.74) is -1.11. The molecule has 0 spiro atoms. The molecule has 2 aliphatic heterocycles. The number of ether oxygens (including phenoxy) is 4. The molecule has 1 aromatic heterocycles. The molecule has 15 nitrogen and oxygen atoms in total. The Morgan fingerprint density at radius 2 is 1.41 bits per heavy atom. The molecule has 0 saturated carbocycles. The number of hydrogen-bond donors (Lipinski definition) is 9. The molecule has 9 atom stereocenters. The van der Waals surface area contributed by atoms with E-state index in [0.717, 1.165) is 6.07 Å². The summed E-state index contributed by atoms with van der Waals surface area (Å²) in [6.45, 7) is 0.887. The Kier molecular flexibility index (Phi) is 7.71. The number of fused-ring (bicyclic) bond motifs is 1. The fraction of sp³-hybridized carbons (Fsp3) is 0.423. The molecule has 41 heavy (non-hydrogen) atoms. The van der Waals surface area contributed by atoms with E-state index in [0.29, 0.717) is 5.56 Å². The van der Waals surface area contributed by atoms with Crippen LogP contribution in [0.3, 0.4) is 0 Å². The summed E-state index contributed by atoms with van der Waals surface area (Å²) in [4.78, 5) is 13.3. The highest BCUT2D eigenvalue weighted by Gasteiger charge is 2.45. The van der Waals surface area contributed by atoms with Crippen LogP contribution in [0, 0.1) is 0 Å². The molecule has 15 heteroatoms. The molecule has 2 saturated heterocycles. The number of hydrogen-bond acceptors (Lipinski definition) is 15. The van der Waals surface area contributed by atoms with E-state index in [-0.39, 0.29) is 11.5 Å². The van der Waals surface area contributed by atoms with Gasteiger partial charge in [-0.25, -0.2) is 0 Å². The van der Waals surface area contributed by atoms with Crippen LogP contribution >= 0.6 is 0 Å². The second-order valence-electron chi connectivity index (χ2n) is 9.75. The fourth-order valence-corrected chi connectivity index (χ4v) is 4.53. The van der Waals surface area contributed by atoms with Crippen molar-refractivity contribution in [3.8, 4) is 40.1 Å². The van der Waals surface area contributed by atoms with Crippen molar-refractivity contribution in [2.24, 2.45) is 0 Å². The summed E-state index contributed by atoms with van der Waals surface area (Å²) < 4.78 is 27.5. The second kappa shape index (κ2) is 11.0. The fourth-order valence-electron chi connectivity index (χ4n) is 4.53. The first-order valence-electron chi connectivity index (χ1n) is 12.4. The maximum atomic E-state index is 13.3. The van der Waals surface area contributed by atoms with Gasteiger partial charge in [0.05, 0.1) is 12.7 Å². The molecule has 0 unspecified atom stereocenters. The van der Waals surface area contributed by atoms with Gasteiger partial charge in [-0.3, -0.25) is 4.79 Å². The molecular weight excluding hydrogens is 552 g/mol. The number of benzene rings is 2. The van der Waals surface area contributed by atoms with Crippen LogP contribution in [-0.4, -0.2) is 108 Å². The SMILES string of the molecule is C[C@H]1O[C@H](Oc2c(O)c(O[C@@H]3OC[C@@H](O)[C@@H](O)[C@@H]3O)c3oc(-c4ccc(O)cc4)cc(=O)c3c2O)[C@@H](O)[C@@H](O)[C@@H]1O. The van der Waals surface area contributed by atoms with Gasteiger partial charge in [0.15, 0.2) is 16.8 Å². The highest BCUT2D eigenvalue weighted by atomic mass is 16.7. The van der Waals surface area contributed by atoms with E-state index in [2.05, 4.69) is 0 Å². The largest absolute Gasteiger partial charge is 0.508 e. The van der Waals surface area contributed by atoms with Crippen molar-refractivity contribution in [1.82, 2.24) is 0 Å². The third-order valence-electron chi connectivity index (χ3n) is 6.92. The van der Waals surface area contributed by atoms with Crippen LogP contribution in [-0.2, 0) is 9.47 Å². The molecular formula is C26H28O15. The van der Waals surface area contributed by atoms with E-state index < -0.39 is 101 Å². The first-order valence-corrected chi connectivity index (χ1v) is 12.4. The number of aliphatic hydroxyl groups is 6. The quantitative estimate of drug-likeness (QED) is 0.168. The lowest BCUT2D eigenvalue weighted by atomic mass is 10.00. The summed E-state index contributed by atoms with van der Waals surface area (Å²) in [5.74, 6) is -3.72. The Balaban J connectivity index is 1.66. The van der Waals surface area contributed by atoms with Gasteiger partial charge in [-0.2, -0.15) is 0 Å². The summed E-state index contributed by atoms with van der Waals surface area (Å²) >= 11 is 0. The van der Waals surface area contributed by atoms with Crippen LogP contribution in [0.15, 0.2) is 39.5 Å². The van der Waals surface area contributed by atoms with Gasteiger partial charge in [0.25, 0.3) is 0 Å². The molecule has 3 heterocycles. The highest BCUT2D eigenvalue weighted by Crippen LogP contribution is 2.51. The second-order valence-corrected chi connectivity index (χ2v) is 9.75. The highest BCUT2D eigenvalue weighted by molar-refractivity contribution is 5.95. The van der Waals surface area contributed by atoms with E-state index in [1.54, 1.807) is 0 Å². The molecule has 2 fully saturated rings. The monoisotopic (exact) mass is 580 g/mol.